The fraction of sp³-hybridized carbons (Fsp3) is 0.0385. The molecule has 7 rings (SSSR count). The lowest BCUT2D eigenvalue weighted by Gasteiger charge is -2.29. The second kappa shape index (κ2) is 6.73. The average molecular weight is 433 g/mol. The number of aromatic nitrogens is 4. The molecular formula is C26H16N4OS. The summed E-state index contributed by atoms with van der Waals surface area (Å²) in [4.78, 5) is 10.6. The van der Waals surface area contributed by atoms with Gasteiger partial charge in [-0.15, -0.1) is 16.4 Å². The summed E-state index contributed by atoms with van der Waals surface area (Å²) in [5.74, 6) is 2.04. The van der Waals surface area contributed by atoms with Crippen molar-refractivity contribution in [3.63, 3.8) is 0 Å². The molecule has 152 valence electrons. The summed E-state index contributed by atoms with van der Waals surface area (Å²) < 4.78 is 8.12. The first-order valence-electron chi connectivity index (χ1n) is 10.4. The number of fused-ring (bicyclic) bond motifs is 6. The maximum absolute atomic E-state index is 6.36. The number of hydrogen-bond acceptors (Lipinski definition) is 5. The molecule has 0 unspecified atom stereocenters. The van der Waals surface area contributed by atoms with E-state index in [1.54, 1.807) is 22.2 Å². The SMILES string of the molecule is c1ccc([C@H]2c3c(ccc4ccccc34)Oc3ncn4nc(-c5cccs5)nc4c32)cc1. The maximum atomic E-state index is 6.36. The second-order valence-corrected chi connectivity index (χ2v) is 8.74. The molecule has 6 aromatic rings. The molecule has 1 aliphatic rings. The van der Waals surface area contributed by atoms with Gasteiger partial charge in [-0.1, -0.05) is 66.7 Å². The van der Waals surface area contributed by atoms with Gasteiger partial charge in [-0.2, -0.15) is 0 Å². The van der Waals surface area contributed by atoms with E-state index in [0.717, 1.165) is 27.4 Å². The van der Waals surface area contributed by atoms with Crippen LogP contribution in [0, 0.1) is 0 Å². The van der Waals surface area contributed by atoms with Gasteiger partial charge < -0.3 is 4.74 Å². The van der Waals surface area contributed by atoms with Crippen molar-refractivity contribution >= 4 is 27.8 Å². The van der Waals surface area contributed by atoms with Crippen LogP contribution in [0.4, 0.5) is 0 Å². The molecule has 0 N–H and O–H groups in total. The molecule has 32 heavy (non-hydrogen) atoms. The molecule has 1 atom stereocenters. The number of benzene rings is 3. The number of ether oxygens (including phenoxy) is 1. The number of rotatable bonds is 2. The molecular weight excluding hydrogens is 416 g/mol. The van der Waals surface area contributed by atoms with Gasteiger partial charge in [0.2, 0.25) is 5.88 Å². The standard InChI is InChI=1S/C26H16N4OS/c1-2-8-17(9-3-1)21-22-18-10-5-4-7-16(18)12-13-19(22)31-26-23(21)25-28-24(20-11-6-14-32-20)29-30(25)15-27-26/h1-15,21H/t21-/m0/s1. The second-order valence-electron chi connectivity index (χ2n) is 7.79. The smallest absolute Gasteiger partial charge is 0.228 e. The van der Waals surface area contributed by atoms with Gasteiger partial charge in [-0.05, 0) is 33.8 Å². The molecule has 0 saturated heterocycles. The van der Waals surface area contributed by atoms with E-state index in [9.17, 15) is 0 Å². The summed E-state index contributed by atoms with van der Waals surface area (Å²) in [6.07, 6.45) is 1.69. The largest absolute Gasteiger partial charge is 0.438 e. The molecule has 0 aliphatic carbocycles. The van der Waals surface area contributed by atoms with Gasteiger partial charge in [0.25, 0.3) is 0 Å². The number of thiophene rings is 1. The van der Waals surface area contributed by atoms with E-state index in [2.05, 4.69) is 59.6 Å². The predicted molar refractivity (Wildman–Crippen MR) is 126 cm³/mol. The zero-order valence-corrected chi connectivity index (χ0v) is 17.7. The highest BCUT2D eigenvalue weighted by molar-refractivity contribution is 7.13. The molecule has 0 amide bonds. The van der Waals surface area contributed by atoms with Crippen LogP contribution in [0.5, 0.6) is 11.6 Å². The summed E-state index contributed by atoms with van der Waals surface area (Å²) >= 11 is 1.63. The van der Waals surface area contributed by atoms with Crippen LogP contribution in [0.3, 0.4) is 0 Å². The zero-order valence-electron chi connectivity index (χ0n) is 16.8. The fourth-order valence-corrected chi connectivity index (χ4v) is 5.25. The summed E-state index contributed by atoms with van der Waals surface area (Å²) in [7, 11) is 0. The molecule has 0 saturated carbocycles. The van der Waals surface area contributed by atoms with E-state index >= 15 is 0 Å². The van der Waals surface area contributed by atoms with Crippen LogP contribution in [0.25, 0.3) is 27.1 Å². The Kier molecular flexibility index (Phi) is 3.71. The number of nitrogens with zero attached hydrogens (tertiary/aromatic N) is 4. The lowest BCUT2D eigenvalue weighted by atomic mass is 9.81. The summed E-state index contributed by atoms with van der Waals surface area (Å²) in [5, 5.41) is 9.09. The Bertz CT molecular complexity index is 1610. The van der Waals surface area contributed by atoms with Crippen LogP contribution in [-0.2, 0) is 0 Å². The summed E-state index contributed by atoms with van der Waals surface area (Å²) in [5.41, 5.74) is 4.02. The van der Waals surface area contributed by atoms with Crippen molar-refractivity contribution in [1.29, 1.82) is 0 Å². The van der Waals surface area contributed by atoms with Crippen molar-refractivity contribution < 1.29 is 4.74 Å². The molecule has 0 radical (unpaired) electrons. The van der Waals surface area contributed by atoms with E-state index in [-0.39, 0.29) is 5.92 Å². The predicted octanol–water partition coefficient (Wildman–Crippen LogP) is 6.29. The minimum Gasteiger partial charge on any atom is -0.438 e. The van der Waals surface area contributed by atoms with E-state index in [0.29, 0.717) is 11.7 Å². The third kappa shape index (κ3) is 2.53. The minimum atomic E-state index is -0.0716. The third-order valence-corrected chi connectivity index (χ3v) is 6.84. The van der Waals surface area contributed by atoms with Crippen molar-refractivity contribution in [1.82, 2.24) is 19.6 Å². The Hall–Kier alpha value is -4.03. The highest BCUT2D eigenvalue weighted by Crippen LogP contribution is 2.50. The van der Waals surface area contributed by atoms with Crippen molar-refractivity contribution in [2.75, 3.05) is 0 Å². The van der Waals surface area contributed by atoms with E-state index in [1.807, 2.05) is 29.6 Å². The van der Waals surface area contributed by atoms with Crippen LogP contribution in [0.1, 0.15) is 22.6 Å². The average Bonchev–Trinajstić information content (AvgIpc) is 3.53. The lowest BCUT2D eigenvalue weighted by Crippen LogP contribution is -2.15. The van der Waals surface area contributed by atoms with Crippen LogP contribution in [-0.4, -0.2) is 19.6 Å². The van der Waals surface area contributed by atoms with Gasteiger partial charge in [-0.25, -0.2) is 14.5 Å². The molecule has 0 spiro atoms. The van der Waals surface area contributed by atoms with Gasteiger partial charge in [0.05, 0.1) is 10.4 Å². The van der Waals surface area contributed by atoms with Gasteiger partial charge in [0.1, 0.15) is 12.1 Å². The van der Waals surface area contributed by atoms with Gasteiger partial charge in [0.15, 0.2) is 11.5 Å². The minimum absolute atomic E-state index is 0.0716. The molecule has 0 fully saturated rings. The van der Waals surface area contributed by atoms with E-state index in [4.69, 9.17) is 14.8 Å². The highest BCUT2D eigenvalue weighted by Gasteiger charge is 2.34. The molecule has 5 nitrogen and oxygen atoms in total. The zero-order chi connectivity index (χ0) is 21.1. The third-order valence-electron chi connectivity index (χ3n) is 5.98. The van der Waals surface area contributed by atoms with Crippen molar-refractivity contribution in [2.24, 2.45) is 0 Å². The lowest BCUT2D eigenvalue weighted by molar-refractivity contribution is 0.433. The molecule has 3 aromatic heterocycles. The Morgan fingerprint density at radius 2 is 1.72 bits per heavy atom. The van der Waals surface area contributed by atoms with Crippen LogP contribution >= 0.6 is 11.3 Å². The van der Waals surface area contributed by atoms with Crippen LogP contribution in [0.2, 0.25) is 0 Å². The molecule has 0 bridgehead atoms. The summed E-state index contributed by atoms with van der Waals surface area (Å²) in [6, 6.07) is 27.1. The van der Waals surface area contributed by atoms with Crippen LogP contribution in [0.15, 0.2) is 90.6 Å². The quantitative estimate of drug-likeness (QED) is 0.322. The first kappa shape index (κ1) is 17.6. The van der Waals surface area contributed by atoms with Gasteiger partial charge >= 0.3 is 0 Å². The maximum Gasteiger partial charge on any atom is 0.228 e. The van der Waals surface area contributed by atoms with Crippen molar-refractivity contribution in [3.05, 3.63) is 107 Å². The molecule has 1 aliphatic heterocycles. The van der Waals surface area contributed by atoms with E-state index in [1.165, 1.54) is 16.3 Å². The molecule has 3 aromatic carbocycles. The van der Waals surface area contributed by atoms with Gasteiger partial charge in [0, 0.05) is 11.5 Å². The highest BCUT2D eigenvalue weighted by atomic mass is 32.1. The molecule has 6 heteroatoms. The Balaban J connectivity index is 1.57. The fourth-order valence-electron chi connectivity index (χ4n) is 4.59. The Labute approximate surface area is 187 Å². The first-order valence-corrected chi connectivity index (χ1v) is 11.3. The van der Waals surface area contributed by atoms with Gasteiger partial charge in [-0.3, -0.25) is 0 Å². The van der Waals surface area contributed by atoms with Crippen molar-refractivity contribution in [3.8, 4) is 22.3 Å². The first-order chi connectivity index (χ1) is 15.9. The number of hydrogen-bond donors (Lipinski definition) is 0. The monoisotopic (exact) mass is 432 g/mol. The topological polar surface area (TPSA) is 52.3 Å². The van der Waals surface area contributed by atoms with Crippen LogP contribution < -0.4 is 4.74 Å². The molecule has 4 heterocycles. The Morgan fingerprint density at radius 3 is 2.59 bits per heavy atom. The van der Waals surface area contributed by atoms with E-state index < -0.39 is 0 Å². The van der Waals surface area contributed by atoms with Crippen molar-refractivity contribution in [2.45, 2.75) is 5.92 Å². The summed E-state index contributed by atoms with van der Waals surface area (Å²) in [6.45, 7) is 0. The Morgan fingerprint density at radius 1 is 0.844 bits per heavy atom. The normalized spacial score (nSPS) is 14.8.